The molecular weight excluding hydrogens is 224 g/mol. The first kappa shape index (κ1) is 11.1. The Morgan fingerprint density at radius 1 is 1.44 bits per heavy atom. The molecule has 0 amide bonds. The van der Waals surface area contributed by atoms with Crippen LogP contribution in [0.2, 0.25) is 0 Å². The molecule has 5 nitrogen and oxygen atoms in total. The molecule has 0 saturated carbocycles. The molecule has 0 bridgehead atoms. The first-order valence-electron chi connectivity index (χ1n) is 4.83. The second-order valence-corrected chi connectivity index (χ2v) is 4.30. The smallest absolute Gasteiger partial charge is 0.192 e. The molecule has 0 aliphatic heterocycles. The standard InChI is InChI=1S/C10H12N4OS/c1-7(15)8-4-3-5-11-9(8)16-10-12-6-13-14(10)2/h3-7,15H,1-2H3/t7-/m0/s1. The summed E-state index contributed by atoms with van der Waals surface area (Å²) in [6, 6.07) is 3.67. The van der Waals surface area contributed by atoms with E-state index < -0.39 is 6.10 Å². The SMILES string of the molecule is C[C@H](O)c1cccnc1Sc1ncnn1C. The molecule has 2 aromatic heterocycles. The quantitative estimate of drug-likeness (QED) is 0.873. The van der Waals surface area contributed by atoms with Gasteiger partial charge >= 0.3 is 0 Å². The molecule has 2 heterocycles. The van der Waals surface area contributed by atoms with Crippen molar-refractivity contribution in [1.82, 2.24) is 19.7 Å². The fourth-order valence-electron chi connectivity index (χ4n) is 1.27. The van der Waals surface area contributed by atoms with Crippen LogP contribution in [0, 0.1) is 0 Å². The van der Waals surface area contributed by atoms with Crippen molar-refractivity contribution in [2.75, 3.05) is 0 Å². The van der Waals surface area contributed by atoms with Crippen LogP contribution in [0.1, 0.15) is 18.6 Å². The van der Waals surface area contributed by atoms with Gasteiger partial charge in [-0.1, -0.05) is 6.07 Å². The molecule has 0 spiro atoms. The molecular formula is C10H12N4OS. The highest BCUT2D eigenvalue weighted by molar-refractivity contribution is 7.99. The third-order valence-electron chi connectivity index (χ3n) is 2.11. The first-order valence-corrected chi connectivity index (χ1v) is 5.65. The van der Waals surface area contributed by atoms with Gasteiger partial charge in [-0.3, -0.25) is 0 Å². The lowest BCUT2D eigenvalue weighted by atomic mass is 10.2. The summed E-state index contributed by atoms with van der Waals surface area (Å²) >= 11 is 1.39. The second-order valence-electron chi connectivity index (χ2n) is 3.34. The van der Waals surface area contributed by atoms with Crippen LogP contribution in [0.4, 0.5) is 0 Å². The highest BCUT2D eigenvalue weighted by atomic mass is 32.2. The van der Waals surface area contributed by atoms with Crippen LogP contribution < -0.4 is 0 Å². The summed E-state index contributed by atoms with van der Waals surface area (Å²) in [5.74, 6) is 0. The predicted molar refractivity (Wildman–Crippen MR) is 60.0 cm³/mol. The molecule has 0 aromatic carbocycles. The average molecular weight is 236 g/mol. The Labute approximate surface area is 97.5 Å². The Balaban J connectivity index is 2.31. The summed E-state index contributed by atoms with van der Waals surface area (Å²) in [6.45, 7) is 1.72. The van der Waals surface area contributed by atoms with E-state index in [0.29, 0.717) is 0 Å². The van der Waals surface area contributed by atoms with Crippen LogP contribution in [-0.4, -0.2) is 24.9 Å². The van der Waals surface area contributed by atoms with E-state index in [0.717, 1.165) is 15.7 Å². The number of pyridine rings is 1. The van der Waals surface area contributed by atoms with Gasteiger partial charge in [0.05, 0.1) is 6.10 Å². The van der Waals surface area contributed by atoms with Gasteiger partial charge in [-0.15, -0.1) is 0 Å². The van der Waals surface area contributed by atoms with Crippen molar-refractivity contribution in [3.8, 4) is 0 Å². The zero-order valence-electron chi connectivity index (χ0n) is 9.03. The Morgan fingerprint density at radius 2 is 2.25 bits per heavy atom. The van der Waals surface area contributed by atoms with Crippen molar-refractivity contribution in [1.29, 1.82) is 0 Å². The average Bonchev–Trinajstić information content (AvgIpc) is 2.65. The fraction of sp³-hybridized carbons (Fsp3) is 0.300. The summed E-state index contributed by atoms with van der Waals surface area (Å²) in [6.07, 6.45) is 2.65. The molecule has 1 atom stereocenters. The zero-order valence-corrected chi connectivity index (χ0v) is 9.85. The summed E-state index contributed by atoms with van der Waals surface area (Å²) in [5.41, 5.74) is 0.801. The third-order valence-corrected chi connectivity index (χ3v) is 3.20. The maximum absolute atomic E-state index is 9.61. The van der Waals surface area contributed by atoms with Crippen molar-refractivity contribution >= 4 is 11.8 Å². The van der Waals surface area contributed by atoms with E-state index in [1.165, 1.54) is 18.1 Å². The zero-order chi connectivity index (χ0) is 11.5. The Hall–Kier alpha value is -1.40. The molecule has 0 unspecified atom stereocenters. The molecule has 16 heavy (non-hydrogen) atoms. The van der Waals surface area contributed by atoms with Crippen molar-refractivity contribution in [2.45, 2.75) is 23.2 Å². The van der Waals surface area contributed by atoms with Gasteiger partial charge in [0.1, 0.15) is 11.4 Å². The largest absolute Gasteiger partial charge is 0.389 e. The van der Waals surface area contributed by atoms with Crippen molar-refractivity contribution in [2.24, 2.45) is 7.05 Å². The molecule has 1 N–H and O–H groups in total. The fourth-order valence-corrected chi connectivity index (χ4v) is 2.19. The van der Waals surface area contributed by atoms with Gasteiger partial charge in [0, 0.05) is 18.8 Å². The maximum Gasteiger partial charge on any atom is 0.192 e. The molecule has 0 saturated heterocycles. The summed E-state index contributed by atoms with van der Waals surface area (Å²) in [7, 11) is 1.82. The lowest BCUT2D eigenvalue weighted by molar-refractivity contribution is 0.195. The minimum absolute atomic E-state index is 0.538. The van der Waals surface area contributed by atoms with E-state index in [1.54, 1.807) is 17.8 Å². The number of hydrogen-bond donors (Lipinski definition) is 1. The van der Waals surface area contributed by atoms with E-state index in [9.17, 15) is 5.11 Å². The topological polar surface area (TPSA) is 63.8 Å². The normalized spacial score (nSPS) is 12.7. The van der Waals surface area contributed by atoms with Crippen molar-refractivity contribution < 1.29 is 5.11 Å². The van der Waals surface area contributed by atoms with Gasteiger partial charge in [-0.25, -0.2) is 14.6 Å². The van der Waals surface area contributed by atoms with E-state index in [-0.39, 0.29) is 0 Å². The number of aromatic nitrogens is 4. The van der Waals surface area contributed by atoms with Gasteiger partial charge in [0.25, 0.3) is 0 Å². The molecule has 6 heteroatoms. The third kappa shape index (κ3) is 2.23. The van der Waals surface area contributed by atoms with Crippen LogP contribution in [0.5, 0.6) is 0 Å². The summed E-state index contributed by atoms with van der Waals surface area (Å²) in [4.78, 5) is 8.34. The number of aliphatic hydroxyl groups is 1. The molecule has 0 aliphatic rings. The van der Waals surface area contributed by atoms with Gasteiger partial charge in [-0.05, 0) is 24.8 Å². The highest BCUT2D eigenvalue weighted by Crippen LogP contribution is 2.29. The molecule has 0 fully saturated rings. The number of aryl methyl sites for hydroxylation is 1. The van der Waals surface area contributed by atoms with E-state index >= 15 is 0 Å². The van der Waals surface area contributed by atoms with Crippen LogP contribution in [-0.2, 0) is 7.05 Å². The van der Waals surface area contributed by atoms with Crippen LogP contribution in [0.3, 0.4) is 0 Å². The van der Waals surface area contributed by atoms with E-state index in [2.05, 4.69) is 15.1 Å². The molecule has 2 rings (SSSR count). The second kappa shape index (κ2) is 4.63. The molecule has 0 radical (unpaired) electrons. The molecule has 84 valence electrons. The number of nitrogens with zero attached hydrogens (tertiary/aromatic N) is 4. The van der Waals surface area contributed by atoms with E-state index in [4.69, 9.17) is 0 Å². The molecule has 2 aromatic rings. The van der Waals surface area contributed by atoms with Gasteiger partial charge in [0.2, 0.25) is 0 Å². The van der Waals surface area contributed by atoms with E-state index in [1.807, 2.05) is 19.2 Å². The predicted octanol–water partition coefficient (Wildman–Crippen LogP) is 1.41. The summed E-state index contributed by atoms with van der Waals surface area (Å²) < 4.78 is 1.67. The van der Waals surface area contributed by atoms with Gasteiger partial charge in [0.15, 0.2) is 5.16 Å². The Morgan fingerprint density at radius 3 is 2.88 bits per heavy atom. The highest BCUT2D eigenvalue weighted by Gasteiger charge is 2.12. The molecule has 0 aliphatic carbocycles. The minimum atomic E-state index is -0.538. The van der Waals surface area contributed by atoms with Crippen molar-refractivity contribution in [3.05, 3.63) is 30.2 Å². The minimum Gasteiger partial charge on any atom is -0.389 e. The van der Waals surface area contributed by atoms with Crippen LogP contribution in [0.25, 0.3) is 0 Å². The van der Waals surface area contributed by atoms with Crippen LogP contribution in [0.15, 0.2) is 34.8 Å². The maximum atomic E-state index is 9.61. The number of aliphatic hydroxyl groups excluding tert-OH is 1. The van der Waals surface area contributed by atoms with Crippen molar-refractivity contribution in [3.63, 3.8) is 0 Å². The monoisotopic (exact) mass is 236 g/mol. The number of hydrogen-bond acceptors (Lipinski definition) is 5. The van der Waals surface area contributed by atoms with Crippen LogP contribution >= 0.6 is 11.8 Å². The van der Waals surface area contributed by atoms with Gasteiger partial charge in [-0.2, -0.15) is 5.10 Å². The summed E-state index contributed by atoms with van der Waals surface area (Å²) in [5, 5.41) is 15.1. The Bertz CT molecular complexity index is 483. The first-order chi connectivity index (χ1) is 7.68. The lowest BCUT2D eigenvalue weighted by Crippen LogP contribution is -1.98. The van der Waals surface area contributed by atoms with Gasteiger partial charge < -0.3 is 5.11 Å². The Kier molecular flexibility index (Phi) is 3.21. The lowest BCUT2D eigenvalue weighted by Gasteiger charge is -2.09. The number of rotatable bonds is 3.